The second-order valence-corrected chi connectivity index (χ2v) is 3.81. The van der Waals surface area contributed by atoms with Gasteiger partial charge in [-0.25, -0.2) is 14.4 Å². The first-order chi connectivity index (χ1) is 7.25. The number of hydrogen-bond donors (Lipinski definition) is 1. The van der Waals surface area contributed by atoms with Crippen molar-refractivity contribution in [2.45, 2.75) is 19.4 Å². The number of aromatic nitrogens is 2. The van der Waals surface area contributed by atoms with Crippen LogP contribution in [0.4, 0.5) is 4.39 Å². The van der Waals surface area contributed by atoms with Gasteiger partial charge in [-0.1, -0.05) is 6.92 Å². The molecule has 1 N–H and O–H groups in total. The zero-order valence-electron chi connectivity index (χ0n) is 8.61. The summed E-state index contributed by atoms with van der Waals surface area (Å²) in [7, 11) is 0. The molecular formula is C10H14FN3O. The topological polar surface area (TPSA) is 47.0 Å². The highest BCUT2D eigenvalue weighted by Crippen LogP contribution is 2.16. The van der Waals surface area contributed by atoms with Gasteiger partial charge >= 0.3 is 6.01 Å². The summed E-state index contributed by atoms with van der Waals surface area (Å²) in [4.78, 5) is 7.54. The van der Waals surface area contributed by atoms with Crippen molar-refractivity contribution in [2.75, 3.05) is 13.1 Å². The molecule has 2 unspecified atom stereocenters. The number of ether oxygens (including phenoxy) is 1. The molecular weight excluding hydrogens is 197 g/mol. The molecule has 15 heavy (non-hydrogen) atoms. The summed E-state index contributed by atoms with van der Waals surface area (Å²) < 4.78 is 18.1. The molecule has 1 aliphatic heterocycles. The fourth-order valence-corrected chi connectivity index (χ4v) is 1.62. The quantitative estimate of drug-likeness (QED) is 0.792. The van der Waals surface area contributed by atoms with Crippen LogP contribution < -0.4 is 10.1 Å². The highest BCUT2D eigenvalue weighted by atomic mass is 19.1. The van der Waals surface area contributed by atoms with Crippen molar-refractivity contribution < 1.29 is 9.13 Å². The first-order valence-corrected chi connectivity index (χ1v) is 5.10. The van der Waals surface area contributed by atoms with Crippen LogP contribution in [-0.2, 0) is 0 Å². The maximum Gasteiger partial charge on any atom is 0.316 e. The number of piperidine rings is 1. The van der Waals surface area contributed by atoms with Gasteiger partial charge in [-0.05, 0) is 18.9 Å². The standard InChI is InChI=1S/C10H14FN3O/c1-7-2-3-12-6-9(7)15-10-13-4-8(11)5-14-10/h4-5,7,9,12H,2-3,6H2,1H3. The van der Waals surface area contributed by atoms with Crippen LogP contribution in [0.5, 0.6) is 6.01 Å². The molecule has 5 heteroatoms. The smallest absolute Gasteiger partial charge is 0.316 e. The number of hydrogen-bond acceptors (Lipinski definition) is 4. The van der Waals surface area contributed by atoms with E-state index in [1.54, 1.807) is 0 Å². The van der Waals surface area contributed by atoms with Gasteiger partial charge in [0.25, 0.3) is 0 Å². The first-order valence-electron chi connectivity index (χ1n) is 5.10. The second kappa shape index (κ2) is 4.53. The van der Waals surface area contributed by atoms with Gasteiger partial charge in [-0.2, -0.15) is 0 Å². The zero-order chi connectivity index (χ0) is 10.7. The van der Waals surface area contributed by atoms with E-state index in [9.17, 15) is 4.39 Å². The molecule has 1 aromatic rings. The molecule has 0 aromatic carbocycles. The molecule has 0 bridgehead atoms. The van der Waals surface area contributed by atoms with Gasteiger partial charge in [0.1, 0.15) is 6.10 Å². The third-order valence-electron chi connectivity index (χ3n) is 2.61. The lowest BCUT2D eigenvalue weighted by atomic mass is 9.97. The van der Waals surface area contributed by atoms with E-state index in [-0.39, 0.29) is 12.1 Å². The third kappa shape index (κ3) is 2.62. The predicted octanol–water partition coefficient (Wildman–Crippen LogP) is 0.992. The SMILES string of the molecule is CC1CCNCC1Oc1ncc(F)cn1. The Morgan fingerprint density at radius 1 is 1.47 bits per heavy atom. The molecule has 4 nitrogen and oxygen atoms in total. The lowest BCUT2D eigenvalue weighted by Crippen LogP contribution is -2.43. The van der Waals surface area contributed by atoms with Crippen LogP contribution in [0.25, 0.3) is 0 Å². The monoisotopic (exact) mass is 211 g/mol. The van der Waals surface area contributed by atoms with Crippen molar-refractivity contribution >= 4 is 0 Å². The van der Waals surface area contributed by atoms with Gasteiger partial charge in [-0.15, -0.1) is 0 Å². The maximum atomic E-state index is 12.5. The molecule has 82 valence electrons. The fourth-order valence-electron chi connectivity index (χ4n) is 1.62. The van der Waals surface area contributed by atoms with Crippen molar-refractivity contribution in [3.05, 3.63) is 18.2 Å². The number of rotatable bonds is 2. The van der Waals surface area contributed by atoms with E-state index in [0.717, 1.165) is 31.9 Å². The molecule has 1 aromatic heterocycles. The number of halogens is 1. The molecule has 1 aliphatic rings. The summed E-state index contributed by atoms with van der Waals surface area (Å²) in [6, 6.07) is 0.247. The van der Waals surface area contributed by atoms with E-state index in [4.69, 9.17) is 4.74 Å². The fraction of sp³-hybridized carbons (Fsp3) is 0.600. The van der Waals surface area contributed by atoms with Crippen molar-refractivity contribution in [3.8, 4) is 6.01 Å². The molecule has 1 fully saturated rings. The van der Waals surface area contributed by atoms with Gasteiger partial charge in [0, 0.05) is 6.54 Å². The third-order valence-corrected chi connectivity index (χ3v) is 2.61. The highest BCUT2D eigenvalue weighted by molar-refractivity contribution is 4.97. The van der Waals surface area contributed by atoms with Crippen LogP contribution in [0, 0.1) is 11.7 Å². The van der Waals surface area contributed by atoms with Gasteiger partial charge in [0.2, 0.25) is 0 Å². The summed E-state index contributed by atoms with van der Waals surface area (Å²) in [6.07, 6.45) is 3.38. The van der Waals surface area contributed by atoms with Gasteiger partial charge in [0.15, 0.2) is 5.82 Å². The van der Waals surface area contributed by atoms with Crippen LogP contribution in [0.1, 0.15) is 13.3 Å². The van der Waals surface area contributed by atoms with Crippen LogP contribution in [0.3, 0.4) is 0 Å². The van der Waals surface area contributed by atoms with Crippen LogP contribution >= 0.6 is 0 Å². The van der Waals surface area contributed by atoms with Crippen LogP contribution in [0.2, 0.25) is 0 Å². The Labute approximate surface area is 87.9 Å². The van der Waals surface area contributed by atoms with E-state index in [0.29, 0.717) is 5.92 Å². The molecule has 0 aliphatic carbocycles. The summed E-state index contributed by atoms with van der Waals surface area (Å²) in [5.74, 6) is 0.0251. The molecule has 2 atom stereocenters. The van der Waals surface area contributed by atoms with E-state index in [1.165, 1.54) is 0 Å². The Morgan fingerprint density at radius 2 is 2.20 bits per heavy atom. The van der Waals surface area contributed by atoms with Crippen LogP contribution in [-0.4, -0.2) is 29.2 Å². The molecule has 0 spiro atoms. The number of nitrogens with one attached hydrogen (secondary N) is 1. The Hall–Kier alpha value is -1.23. The minimum Gasteiger partial charge on any atom is -0.459 e. The van der Waals surface area contributed by atoms with Crippen LogP contribution in [0.15, 0.2) is 12.4 Å². The molecule has 0 radical (unpaired) electrons. The minimum atomic E-state index is -0.447. The van der Waals surface area contributed by atoms with Crippen molar-refractivity contribution in [3.63, 3.8) is 0 Å². The average molecular weight is 211 g/mol. The Morgan fingerprint density at radius 3 is 2.87 bits per heavy atom. The lowest BCUT2D eigenvalue weighted by Gasteiger charge is -2.28. The summed E-state index contributed by atoms with van der Waals surface area (Å²) in [5.41, 5.74) is 0. The average Bonchev–Trinajstić information content (AvgIpc) is 2.25. The summed E-state index contributed by atoms with van der Waals surface area (Å²) in [5, 5.41) is 3.24. The molecule has 0 amide bonds. The van der Waals surface area contributed by atoms with Crippen molar-refractivity contribution in [1.29, 1.82) is 0 Å². The van der Waals surface area contributed by atoms with E-state index < -0.39 is 5.82 Å². The first kappa shape index (κ1) is 10.3. The number of nitrogens with zero attached hydrogens (tertiary/aromatic N) is 2. The largest absolute Gasteiger partial charge is 0.459 e. The maximum absolute atomic E-state index is 12.5. The Bertz CT molecular complexity index is 317. The summed E-state index contributed by atoms with van der Waals surface area (Å²) >= 11 is 0. The van der Waals surface area contributed by atoms with Crippen molar-refractivity contribution in [1.82, 2.24) is 15.3 Å². The van der Waals surface area contributed by atoms with Gasteiger partial charge in [-0.3, -0.25) is 0 Å². The Balaban J connectivity index is 1.98. The Kier molecular flexibility index (Phi) is 3.11. The molecule has 1 saturated heterocycles. The van der Waals surface area contributed by atoms with Gasteiger partial charge < -0.3 is 10.1 Å². The molecule has 0 saturated carbocycles. The minimum absolute atomic E-state index is 0.0733. The zero-order valence-corrected chi connectivity index (χ0v) is 8.61. The van der Waals surface area contributed by atoms with Gasteiger partial charge in [0.05, 0.1) is 12.4 Å². The van der Waals surface area contributed by atoms with Crippen molar-refractivity contribution in [2.24, 2.45) is 5.92 Å². The van der Waals surface area contributed by atoms with E-state index in [2.05, 4.69) is 22.2 Å². The predicted molar refractivity (Wildman–Crippen MR) is 53.1 cm³/mol. The normalized spacial score (nSPS) is 26.3. The molecule has 2 heterocycles. The molecule has 2 rings (SSSR count). The highest BCUT2D eigenvalue weighted by Gasteiger charge is 2.23. The lowest BCUT2D eigenvalue weighted by molar-refractivity contribution is 0.104. The second-order valence-electron chi connectivity index (χ2n) is 3.81. The van der Waals surface area contributed by atoms with E-state index in [1.807, 2.05) is 0 Å². The van der Waals surface area contributed by atoms with E-state index >= 15 is 0 Å². The summed E-state index contributed by atoms with van der Waals surface area (Å²) in [6.45, 7) is 3.95.